The van der Waals surface area contributed by atoms with Gasteiger partial charge in [0.1, 0.15) is 18.0 Å². The molecule has 2 atom stereocenters. The number of nitrogens with zero attached hydrogens (tertiary/aromatic N) is 1. The van der Waals surface area contributed by atoms with E-state index in [1.54, 1.807) is 19.1 Å². The van der Waals surface area contributed by atoms with E-state index in [2.05, 4.69) is 5.32 Å². The average Bonchev–Trinajstić information content (AvgIpc) is 3.77. The topological polar surface area (TPSA) is 80.3 Å². The second-order valence-electron chi connectivity index (χ2n) is 10.7. The minimum absolute atomic E-state index is 0.000335. The zero-order valence-electron chi connectivity index (χ0n) is 23.4. The van der Waals surface area contributed by atoms with Gasteiger partial charge in [-0.05, 0) is 79.6 Å². The summed E-state index contributed by atoms with van der Waals surface area (Å²) < 4.78 is 57.1. The van der Waals surface area contributed by atoms with Crippen molar-refractivity contribution in [3.63, 3.8) is 0 Å². The molecule has 7 nitrogen and oxygen atoms in total. The predicted molar refractivity (Wildman–Crippen MR) is 149 cm³/mol. The smallest absolute Gasteiger partial charge is 0.417 e. The Labute approximate surface area is 243 Å². The van der Waals surface area contributed by atoms with Gasteiger partial charge in [0.15, 0.2) is 0 Å². The molecule has 2 N–H and O–H groups in total. The molecule has 1 heterocycles. The summed E-state index contributed by atoms with van der Waals surface area (Å²) in [6.45, 7) is 2.23. The maximum absolute atomic E-state index is 14.1. The first kappa shape index (κ1) is 31.6. The number of carbonyl (C=O) groups excluding carboxylic acids is 1. The maximum Gasteiger partial charge on any atom is 0.417 e. The fourth-order valence-corrected chi connectivity index (χ4v) is 5.62. The third-order valence-corrected chi connectivity index (χ3v) is 8.03. The van der Waals surface area contributed by atoms with Crippen LogP contribution in [0.3, 0.4) is 0 Å². The van der Waals surface area contributed by atoms with Crippen LogP contribution in [0.15, 0.2) is 36.4 Å². The van der Waals surface area contributed by atoms with Crippen LogP contribution in [0.4, 0.5) is 13.2 Å². The Bertz CT molecular complexity index is 1160. The first-order valence-electron chi connectivity index (χ1n) is 13.9. The molecule has 226 valence electrons. The highest BCUT2D eigenvalue weighted by molar-refractivity contribution is 6.31. The van der Waals surface area contributed by atoms with Gasteiger partial charge in [-0.1, -0.05) is 23.7 Å². The number of carbonyl (C=O) groups is 1. The summed E-state index contributed by atoms with van der Waals surface area (Å²) in [6, 6.07) is 9.32. The molecule has 0 aromatic heterocycles. The maximum atomic E-state index is 14.1. The van der Waals surface area contributed by atoms with Gasteiger partial charge in [-0.25, -0.2) is 0 Å². The molecule has 2 aromatic carbocycles. The number of aryl methyl sites for hydroxylation is 1. The minimum Gasteiger partial charge on any atom is -0.491 e. The Morgan fingerprint density at radius 3 is 2.51 bits per heavy atom. The van der Waals surface area contributed by atoms with Crippen LogP contribution in [-0.2, 0) is 39.0 Å². The van der Waals surface area contributed by atoms with Crippen molar-refractivity contribution in [1.82, 2.24) is 10.2 Å². The van der Waals surface area contributed by atoms with Gasteiger partial charge >= 0.3 is 6.18 Å². The Hall–Kier alpha value is -2.37. The van der Waals surface area contributed by atoms with Crippen molar-refractivity contribution in [2.75, 3.05) is 47.1 Å². The lowest BCUT2D eigenvalue weighted by Gasteiger charge is -2.42. The van der Waals surface area contributed by atoms with Crippen molar-refractivity contribution in [2.45, 2.75) is 56.5 Å². The summed E-state index contributed by atoms with van der Waals surface area (Å²) >= 11 is 5.85. The van der Waals surface area contributed by atoms with E-state index in [9.17, 15) is 23.1 Å². The Kier molecular flexibility index (Phi) is 10.6. The minimum atomic E-state index is -4.69. The van der Waals surface area contributed by atoms with E-state index < -0.39 is 28.3 Å². The first-order chi connectivity index (χ1) is 19.6. The van der Waals surface area contributed by atoms with Crippen LogP contribution < -0.4 is 10.1 Å². The highest BCUT2D eigenvalue weighted by Crippen LogP contribution is 2.43. The number of hydrogen-bond donors (Lipinski definition) is 2. The van der Waals surface area contributed by atoms with Crippen molar-refractivity contribution in [1.29, 1.82) is 0 Å². The quantitative estimate of drug-likeness (QED) is 0.318. The third kappa shape index (κ3) is 7.93. The van der Waals surface area contributed by atoms with E-state index in [1.807, 2.05) is 18.2 Å². The number of alkyl halides is 3. The Morgan fingerprint density at radius 2 is 1.83 bits per heavy atom. The van der Waals surface area contributed by atoms with Crippen molar-refractivity contribution in [2.24, 2.45) is 5.92 Å². The molecule has 1 aliphatic carbocycles. The van der Waals surface area contributed by atoms with Crippen LogP contribution >= 0.6 is 11.6 Å². The molecular weight excluding hydrogens is 561 g/mol. The number of hydrogen-bond acceptors (Lipinski definition) is 6. The zero-order valence-corrected chi connectivity index (χ0v) is 24.2. The average molecular weight is 599 g/mol. The standard InChI is InChI=1S/C30H38ClF3N2O5/c1-39-11-3-4-20-14-21(16-24(15-20)41-13-12-40-2)19-36(23-6-7-23)28(37)26-18-35-10-9-29(26,38)22-5-8-27(31)25(17-22)30(32,33)34/h5,8,14-17,23,26,35,38H,3-4,6-7,9-13,18-19H2,1-2H3. The van der Waals surface area contributed by atoms with Gasteiger partial charge in [-0.2, -0.15) is 13.2 Å². The number of benzene rings is 2. The van der Waals surface area contributed by atoms with E-state index in [0.717, 1.165) is 48.9 Å². The second kappa shape index (κ2) is 13.7. The number of methoxy groups -OCH3 is 2. The molecule has 11 heteroatoms. The molecule has 41 heavy (non-hydrogen) atoms. The SMILES string of the molecule is COCCCc1cc(CN(C(=O)C2CNCCC2(O)c2ccc(Cl)c(C(F)(F)F)c2)C2CC2)cc(OCCOC)c1. The second-order valence-corrected chi connectivity index (χ2v) is 11.2. The molecule has 2 aromatic rings. The van der Waals surface area contributed by atoms with Crippen LogP contribution in [0.1, 0.15) is 47.9 Å². The predicted octanol–water partition coefficient (Wildman–Crippen LogP) is 4.95. The molecule has 0 bridgehead atoms. The first-order valence-corrected chi connectivity index (χ1v) is 14.3. The summed E-state index contributed by atoms with van der Waals surface area (Å²) in [5.41, 5.74) is -0.840. The molecule has 1 amide bonds. The van der Waals surface area contributed by atoms with Gasteiger partial charge in [0.2, 0.25) is 5.91 Å². The molecule has 0 spiro atoms. The van der Waals surface area contributed by atoms with Crippen molar-refractivity contribution in [3.05, 3.63) is 63.7 Å². The van der Waals surface area contributed by atoms with Crippen molar-refractivity contribution < 1.29 is 37.3 Å². The molecule has 1 saturated carbocycles. The summed E-state index contributed by atoms with van der Waals surface area (Å²) in [4.78, 5) is 15.9. The molecule has 1 saturated heterocycles. The van der Waals surface area contributed by atoms with E-state index in [0.29, 0.717) is 38.7 Å². The molecule has 1 aliphatic heterocycles. The van der Waals surface area contributed by atoms with Crippen LogP contribution in [0.2, 0.25) is 5.02 Å². The van der Waals surface area contributed by atoms with E-state index in [1.165, 1.54) is 6.07 Å². The molecule has 2 fully saturated rings. The Morgan fingerprint density at radius 1 is 1.10 bits per heavy atom. The largest absolute Gasteiger partial charge is 0.491 e. The van der Waals surface area contributed by atoms with E-state index in [-0.39, 0.29) is 30.5 Å². The van der Waals surface area contributed by atoms with Crippen molar-refractivity contribution in [3.8, 4) is 5.75 Å². The normalized spacial score (nSPS) is 21.1. The van der Waals surface area contributed by atoms with Gasteiger partial charge < -0.3 is 29.5 Å². The van der Waals surface area contributed by atoms with Crippen LogP contribution in [0.25, 0.3) is 0 Å². The summed E-state index contributed by atoms with van der Waals surface area (Å²) in [5.74, 6) is -0.592. The number of rotatable bonds is 13. The summed E-state index contributed by atoms with van der Waals surface area (Å²) in [6.07, 6.45) is -1.35. The van der Waals surface area contributed by atoms with E-state index in [4.69, 9.17) is 25.8 Å². The molecule has 4 rings (SSSR count). The lowest BCUT2D eigenvalue weighted by atomic mass is 9.75. The molecule has 2 aliphatic rings. The van der Waals surface area contributed by atoms with Gasteiger partial charge in [-0.15, -0.1) is 0 Å². The zero-order chi connectivity index (χ0) is 29.6. The third-order valence-electron chi connectivity index (χ3n) is 7.70. The highest BCUT2D eigenvalue weighted by atomic mass is 35.5. The molecular formula is C30H38ClF3N2O5. The number of amides is 1. The van der Waals surface area contributed by atoms with Gasteiger partial charge in [0.05, 0.1) is 23.1 Å². The highest BCUT2D eigenvalue weighted by Gasteiger charge is 2.49. The fraction of sp³-hybridized carbons (Fsp3) is 0.567. The Balaban J connectivity index is 1.62. The van der Waals surface area contributed by atoms with Gasteiger partial charge in [0, 0.05) is 40.0 Å². The van der Waals surface area contributed by atoms with Gasteiger partial charge in [-0.3, -0.25) is 4.79 Å². The summed E-state index contributed by atoms with van der Waals surface area (Å²) in [7, 11) is 3.26. The van der Waals surface area contributed by atoms with E-state index >= 15 is 0 Å². The number of piperidine rings is 1. The van der Waals surface area contributed by atoms with Crippen LogP contribution in [0.5, 0.6) is 5.75 Å². The fourth-order valence-electron chi connectivity index (χ4n) is 5.40. The number of aliphatic hydroxyl groups is 1. The molecule has 0 radical (unpaired) electrons. The molecule has 2 unspecified atom stereocenters. The number of nitrogens with one attached hydrogen (secondary N) is 1. The lowest BCUT2D eigenvalue weighted by molar-refractivity contribution is -0.150. The number of ether oxygens (including phenoxy) is 3. The van der Waals surface area contributed by atoms with Gasteiger partial charge in [0.25, 0.3) is 0 Å². The lowest BCUT2D eigenvalue weighted by Crippen LogP contribution is -2.55. The number of halogens is 4. The monoisotopic (exact) mass is 598 g/mol. The summed E-state index contributed by atoms with van der Waals surface area (Å²) in [5, 5.41) is 14.6. The van der Waals surface area contributed by atoms with Crippen molar-refractivity contribution >= 4 is 17.5 Å². The van der Waals surface area contributed by atoms with Crippen LogP contribution in [-0.4, -0.2) is 69.1 Å². The van der Waals surface area contributed by atoms with Crippen LogP contribution in [0, 0.1) is 5.92 Å².